The predicted molar refractivity (Wildman–Crippen MR) is 92.8 cm³/mol. The third-order valence-electron chi connectivity index (χ3n) is 4.49. The molecule has 6 nitrogen and oxygen atoms in total. The molecule has 7 heteroatoms. The number of carbonyl (C=O) groups is 1. The number of nitrogens with zero attached hydrogens (tertiary/aromatic N) is 3. The van der Waals surface area contributed by atoms with Crippen molar-refractivity contribution >= 4 is 29.3 Å². The second-order valence-electron chi connectivity index (χ2n) is 5.95. The summed E-state index contributed by atoms with van der Waals surface area (Å²) in [6.07, 6.45) is 2.07. The molecule has 2 heterocycles. The summed E-state index contributed by atoms with van der Waals surface area (Å²) >= 11 is 0. The topological polar surface area (TPSA) is 73.3 Å². The van der Waals surface area contributed by atoms with Gasteiger partial charge < -0.3 is 10.6 Å². The number of piperidine rings is 1. The Labute approximate surface area is 141 Å². The third kappa shape index (κ3) is 3.43. The van der Waals surface area contributed by atoms with Crippen LogP contribution in [0.4, 0.5) is 0 Å². The first-order valence-electron chi connectivity index (χ1n) is 7.75. The van der Waals surface area contributed by atoms with E-state index in [2.05, 4.69) is 0 Å². The van der Waals surface area contributed by atoms with Crippen LogP contribution < -0.4 is 11.4 Å². The molecule has 1 aliphatic rings. The zero-order valence-corrected chi connectivity index (χ0v) is 14.1. The molecule has 3 rings (SSSR count). The van der Waals surface area contributed by atoms with Crippen LogP contribution in [0.2, 0.25) is 0 Å². The zero-order chi connectivity index (χ0) is 15.7. The summed E-state index contributed by atoms with van der Waals surface area (Å²) in [6.45, 7) is 1.87. The van der Waals surface area contributed by atoms with Gasteiger partial charge in [-0.15, -0.1) is 12.4 Å². The molecular weight excluding hydrogens is 316 g/mol. The minimum absolute atomic E-state index is 0. The van der Waals surface area contributed by atoms with Crippen LogP contribution in [0.3, 0.4) is 0 Å². The molecule has 0 bridgehead atoms. The van der Waals surface area contributed by atoms with Gasteiger partial charge in [-0.3, -0.25) is 13.9 Å². The van der Waals surface area contributed by atoms with Crippen molar-refractivity contribution in [3.63, 3.8) is 0 Å². The lowest BCUT2D eigenvalue weighted by Gasteiger charge is -2.30. The van der Waals surface area contributed by atoms with Crippen LogP contribution in [-0.4, -0.2) is 39.1 Å². The van der Waals surface area contributed by atoms with E-state index in [1.54, 1.807) is 16.2 Å². The number of imidazole rings is 1. The van der Waals surface area contributed by atoms with Gasteiger partial charge in [-0.05, 0) is 25.0 Å². The average molecular weight is 339 g/mol. The molecular formula is C16H23ClN4O2. The first-order valence-corrected chi connectivity index (χ1v) is 7.75. The molecule has 126 valence electrons. The van der Waals surface area contributed by atoms with Gasteiger partial charge in [0.05, 0.1) is 11.0 Å². The SMILES string of the molecule is Cl.Cn1c(=O)n(CCC(=O)N2CCC(N)CC2)c2ccccc21. The number of benzene rings is 1. The summed E-state index contributed by atoms with van der Waals surface area (Å²) in [6, 6.07) is 7.87. The molecule has 0 aliphatic carbocycles. The van der Waals surface area contributed by atoms with Crippen LogP contribution >= 0.6 is 12.4 Å². The highest BCUT2D eigenvalue weighted by atomic mass is 35.5. The van der Waals surface area contributed by atoms with Gasteiger partial charge in [-0.25, -0.2) is 4.79 Å². The van der Waals surface area contributed by atoms with E-state index in [9.17, 15) is 9.59 Å². The maximum absolute atomic E-state index is 12.3. The van der Waals surface area contributed by atoms with Crippen LogP contribution in [0.5, 0.6) is 0 Å². The monoisotopic (exact) mass is 338 g/mol. The Balaban J connectivity index is 0.00000192. The molecule has 0 radical (unpaired) electrons. The maximum atomic E-state index is 12.3. The Kier molecular flexibility index (Phi) is 5.49. The van der Waals surface area contributed by atoms with E-state index in [4.69, 9.17) is 5.73 Å². The van der Waals surface area contributed by atoms with Crippen molar-refractivity contribution in [2.24, 2.45) is 12.8 Å². The van der Waals surface area contributed by atoms with Gasteiger partial charge in [0.15, 0.2) is 0 Å². The van der Waals surface area contributed by atoms with Crippen LogP contribution in [0, 0.1) is 0 Å². The number of fused-ring (bicyclic) bond motifs is 1. The van der Waals surface area contributed by atoms with Crippen molar-refractivity contribution in [3.05, 3.63) is 34.7 Å². The van der Waals surface area contributed by atoms with Crippen molar-refractivity contribution in [3.8, 4) is 0 Å². The normalized spacial score (nSPS) is 15.7. The molecule has 0 saturated carbocycles. The lowest BCUT2D eigenvalue weighted by atomic mass is 10.1. The van der Waals surface area contributed by atoms with E-state index in [0.29, 0.717) is 13.0 Å². The second kappa shape index (κ2) is 7.19. The van der Waals surface area contributed by atoms with Crippen molar-refractivity contribution in [2.75, 3.05) is 13.1 Å². The van der Waals surface area contributed by atoms with E-state index in [0.717, 1.165) is 37.0 Å². The number of rotatable bonds is 3. The lowest BCUT2D eigenvalue weighted by Crippen LogP contribution is -2.43. The highest BCUT2D eigenvalue weighted by Crippen LogP contribution is 2.13. The minimum atomic E-state index is -0.0744. The fraction of sp³-hybridized carbons (Fsp3) is 0.500. The Morgan fingerprint density at radius 1 is 1.22 bits per heavy atom. The molecule has 23 heavy (non-hydrogen) atoms. The third-order valence-corrected chi connectivity index (χ3v) is 4.49. The molecule has 1 aromatic heterocycles. The number of nitrogens with two attached hydrogens (primary N) is 1. The Morgan fingerprint density at radius 3 is 2.48 bits per heavy atom. The minimum Gasteiger partial charge on any atom is -0.343 e. The molecule has 0 spiro atoms. The number of likely N-dealkylation sites (tertiary alicyclic amines) is 1. The number of carbonyl (C=O) groups excluding carboxylic acids is 1. The number of hydrogen-bond acceptors (Lipinski definition) is 3. The van der Waals surface area contributed by atoms with Crippen molar-refractivity contribution in [2.45, 2.75) is 31.8 Å². The Bertz CT molecular complexity index is 744. The molecule has 1 saturated heterocycles. The van der Waals surface area contributed by atoms with Gasteiger partial charge in [-0.1, -0.05) is 12.1 Å². The molecule has 1 amide bonds. The quantitative estimate of drug-likeness (QED) is 0.910. The lowest BCUT2D eigenvalue weighted by molar-refractivity contribution is -0.132. The summed E-state index contributed by atoms with van der Waals surface area (Å²) in [7, 11) is 1.76. The van der Waals surface area contributed by atoms with Crippen molar-refractivity contribution in [1.82, 2.24) is 14.0 Å². The molecule has 2 aromatic rings. The fourth-order valence-electron chi connectivity index (χ4n) is 3.09. The molecule has 1 aliphatic heterocycles. The first-order chi connectivity index (χ1) is 10.6. The number of halogens is 1. The van der Waals surface area contributed by atoms with E-state index in [1.807, 2.05) is 29.2 Å². The largest absolute Gasteiger partial charge is 0.343 e. The van der Waals surface area contributed by atoms with E-state index >= 15 is 0 Å². The van der Waals surface area contributed by atoms with Gasteiger partial charge in [0.25, 0.3) is 0 Å². The molecule has 1 aromatic carbocycles. The van der Waals surface area contributed by atoms with Crippen LogP contribution in [0.25, 0.3) is 11.0 Å². The van der Waals surface area contributed by atoms with Crippen LogP contribution in [0.15, 0.2) is 29.1 Å². The molecule has 2 N–H and O–H groups in total. The number of amides is 1. The first kappa shape index (κ1) is 17.6. The Hall–Kier alpha value is -1.79. The highest BCUT2D eigenvalue weighted by molar-refractivity contribution is 5.85. The molecule has 0 atom stereocenters. The molecule has 0 unspecified atom stereocenters. The van der Waals surface area contributed by atoms with Gasteiger partial charge in [-0.2, -0.15) is 0 Å². The standard InChI is InChI=1S/C16H22N4O2.ClH/c1-18-13-4-2-3-5-14(13)20(16(18)22)11-8-15(21)19-9-6-12(17)7-10-19;/h2-5,12H,6-11,17H2,1H3;1H. The number of hydrogen-bond donors (Lipinski definition) is 1. The van der Waals surface area contributed by atoms with Crippen molar-refractivity contribution < 1.29 is 4.79 Å². The number of aryl methyl sites for hydroxylation is 2. The van der Waals surface area contributed by atoms with Crippen LogP contribution in [-0.2, 0) is 18.4 Å². The average Bonchev–Trinajstić information content (AvgIpc) is 2.78. The Morgan fingerprint density at radius 2 is 1.83 bits per heavy atom. The number of aromatic nitrogens is 2. The van der Waals surface area contributed by atoms with Gasteiger partial charge in [0.2, 0.25) is 5.91 Å². The zero-order valence-electron chi connectivity index (χ0n) is 13.3. The maximum Gasteiger partial charge on any atom is 0.328 e. The second-order valence-corrected chi connectivity index (χ2v) is 5.95. The summed E-state index contributed by atoms with van der Waals surface area (Å²) in [5.74, 6) is 0.103. The van der Waals surface area contributed by atoms with E-state index in [1.165, 1.54) is 0 Å². The van der Waals surface area contributed by atoms with Crippen LogP contribution in [0.1, 0.15) is 19.3 Å². The summed E-state index contributed by atoms with van der Waals surface area (Å²) in [4.78, 5) is 26.5. The van der Waals surface area contributed by atoms with Crippen molar-refractivity contribution in [1.29, 1.82) is 0 Å². The van der Waals surface area contributed by atoms with E-state index in [-0.39, 0.29) is 30.0 Å². The predicted octanol–water partition coefficient (Wildman–Crippen LogP) is 1.10. The summed E-state index contributed by atoms with van der Waals surface area (Å²) in [5, 5.41) is 0. The number of para-hydroxylation sites is 2. The highest BCUT2D eigenvalue weighted by Gasteiger charge is 2.20. The van der Waals surface area contributed by atoms with Gasteiger partial charge in [0.1, 0.15) is 0 Å². The summed E-state index contributed by atoms with van der Waals surface area (Å²) < 4.78 is 3.31. The van der Waals surface area contributed by atoms with Gasteiger partial charge >= 0.3 is 5.69 Å². The van der Waals surface area contributed by atoms with Gasteiger partial charge in [0, 0.05) is 39.1 Å². The summed E-state index contributed by atoms with van der Waals surface area (Å²) in [5.41, 5.74) is 7.56. The molecule has 1 fully saturated rings. The van der Waals surface area contributed by atoms with E-state index < -0.39 is 0 Å². The smallest absolute Gasteiger partial charge is 0.328 e. The fourth-order valence-corrected chi connectivity index (χ4v) is 3.09.